The molecule has 0 aliphatic carbocycles. The minimum Gasteiger partial charge on any atom is -0.478 e. The van der Waals surface area contributed by atoms with Crippen molar-refractivity contribution in [3.63, 3.8) is 0 Å². The van der Waals surface area contributed by atoms with Gasteiger partial charge < -0.3 is 20.3 Å². The first-order chi connectivity index (χ1) is 16.5. The topological polar surface area (TPSA) is 119 Å². The van der Waals surface area contributed by atoms with Gasteiger partial charge in [-0.2, -0.15) is 0 Å². The van der Waals surface area contributed by atoms with Gasteiger partial charge in [0.2, 0.25) is 6.23 Å². The van der Waals surface area contributed by atoms with Crippen LogP contribution in [-0.2, 0) is 38.7 Å². The summed E-state index contributed by atoms with van der Waals surface area (Å²) in [4.78, 5) is 38.7. The molecule has 0 bridgehead atoms. The minimum absolute atomic E-state index is 0.104. The molecule has 3 N–H and O–H groups in total. The van der Waals surface area contributed by atoms with Crippen molar-refractivity contribution in [3.05, 3.63) is 108 Å². The number of ether oxygens (including phenoxy) is 2. The Labute approximate surface area is 197 Å². The predicted octanol–water partition coefficient (Wildman–Crippen LogP) is 3.35. The third kappa shape index (κ3) is 6.99. The number of hydrogen-bond donors (Lipinski definition) is 2. The van der Waals surface area contributed by atoms with Crippen molar-refractivity contribution < 1.29 is 29.0 Å². The van der Waals surface area contributed by atoms with Gasteiger partial charge in [-0.1, -0.05) is 91.0 Å². The number of carbonyl (C=O) groups is 3. The third-order valence-electron chi connectivity index (χ3n) is 4.95. The lowest BCUT2D eigenvalue weighted by molar-refractivity contribution is -0.171. The summed E-state index contributed by atoms with van der Waals surface area (Å²) in [7, 11) is 0. The maximum absolute atomic E-state index is 13.2. The van der Waals surface area contributed by atoms with Crippen molar-refractivity contribution in [3.8, 4) is 0 Å². The molecule has 0 heterocycles. The lowest BCUT2D eigenvalue weighted by atomic mass is 10.1. The smallest absolute Gasteiger partial charge is 0.419 e. The Morgan fingerprint density at radius 1 is 0.765 bits per heavy atom. The summed E-state index contributed by atoms with van der Waals surface area (Å²) >= 11 is 0. The molecule has 2 amide bonds. The molecule has 176 valence electrons. The van der Waals surface area contributed by atoms with Crippen LogP contribution in [0.5, 0.6) is 0 Å². The van der Waals surface area contributed by atoms with Crippen molar-refractivity contribution >= 4 is 18.0 Å². The van der Waals surface area contributed by atoms with E-state index in [0.717, 1.165) is 5.56 Å². The van der Waals surface area contributed by atoms with Gasteiger partial charge in [-0.25, -0.2) is 14.5 Å². The zero-order valence-electron chi connectivity index (χ0n) is 18.4. The molecule has 3 rings (SSSR count). The summed E-state index contributed by atoms with van der Waals surface area (Å²) in [6, 6.07) is 25.4. The number of carbonyl (C=O) groups excluding carboxylic acids is 2. The van der Waals surface area contributed by atoms with E-state index < -0.39 is 30.2 Å². The lowest BCUT2D eigenvalue weighted by Gasteiger charge is -2.28. The van der Waals surface area contributed by atoms with Gasteiger partial charge in [0.05, 0.1) is 12.6 Å². The fourth-order valence-corrected chi connectivity index (χ4v) is 3.23. The molecule has 0 aliphatic rings. The molecule has 34 heavy (non-hydrogen) atoms. The van der Waals surface area contributed by atoms with Crippen LogP contribution in [0.1, 0.15) is 16.7 Å². The Kier molecular flexibility index (Phi) is 8.90. The molecule has 8 nitrogen and oxygen atoms in total. The minimum atomic E-state index is -1.92. The molecule has 0 radical (unpaired) electrons. The molecule has 0 aliphatic heterocycles. The first-order valence-corrected chi connectivity index (χ1v) is 10.7. The van der Waals surface area contributed by atoms with E-state index in [1.54, 1.807) is 78.9 Å². The predicted molar refractivity (Wildman–Crippen MR) is 124 cm³/mol. The Bertz CT molecular complexity index is 1080. The van der Waals surface area contributed by atoms with E-state index in [4.69, 9.17) is 15.2 Å². The zero-order chi connectivity index (χ0) is 24.3. The number of carboxylic acids is 1. The first-order valence-electron chi connectivity index (χ1n) is 10.7. The first kappa shape index (κ1) is 24.6. The summed E-state index contributed by atoms with van der Waals surface area (Å²) in [6.07, 6.45) is -2.97. The van der Waals surface area contributed by atoms with E-state index in [2.05, 4.69) is 0 Å². The highest BCUT2D eigenvalue weighted by Gasteiger charge is 2.39. The van der Waals surface area contributed by atoms with Gasteiger partial charge in [0.25, 0.3) is 5.91 Å². The molecule has 2 unspecified atom stereocenters. The molecule has 2 atom stereocenters. The van der Waals surface area contributed by atoms with Crippen LogP contribution < -0.4 is 5.73 Å². The van der Waals surface area contributed by atoms with Gasteiger partial charge in [0.15, 0.2) is 0 Å². The molecule has 0 aromatic heterocycles. The summed E-state index contributed by atoms with van der Waals surface area (Å²) < 4.78 is 10.8. The van der Waals surface area contributed by atoms with Crippen LogP contribution in [0.3, 0.4) is 0 Å². The average molecular weight is 463 g/mol. The van der Waals surface area contributed by atoms with Gasteiger partial charge in [0.1, 0.15) is 6.61 Å². The van der Waals surface area contributed by atoms with Crippen LogP contribution in [0.4, 0.5) is 4.79 Å². The number of imide groups is 1. The van der Waals surface area contributed by atoms with E-state index >= 15 is 0 Å². The number of nitrogens with zero attached hydrogens (tertiary/aromatic N) is 1. The maximum atomic E-state index is 13.2. The van der Waals surface area contributed by atoms with Gasteiger partial charge in [0, 0.05) is 0 Å². The number of hydrogen-bond acceptors (Lipinski definition) is 6. The van der Waals surface area contributed by atoms with Crippen molar-refractivity contribution in [1.29, 1.82) is 0 Å². The second-order valence-corrected chi connectivity index (χ2v) is 7.53. The Balaban J connectivity index is 1.81. The van der Waals surface area contributed by atoms with Gasteiger partial charge >= 0.3 is 12.1 Å². The second kappa shape index (κ2) is 12.3. The van der Waals surface area contributed by atoms with Crippen LogP contribution in [0.25, 0.3) is 0 Å². The van der Waals surface area contributed by atoms with Crippen LogP contribution in [0.15, 0.2) is 91.0 Å². The van der Waals surface area contributed by atoms with Crippen molar-refractivity contribution in [2.24, 2.45) is 5.73 Å². The van der Waals surface area contributed by atoms with Gasteiger partial charge in [-0.05, 0) is 23.1 Å². The summed E-state index contributed by atoms with van der Waals surface area (Å²) in [5, 5.41) is 9.81. The van der Waals surface area contributed by atoms with Crippen molar-refractivity contribution in [2.45, 2.75) is 31.9 Å². The number of rotatable bonds is 10. The summed E-state index contributed by atoms with van der Waals surface area (Å²) in [5.41, 5.74) is 8.20. The number of aliphatic carboxylic acids is 1. The molecule has 8 heteroatoms. The monoisotopic (exact) mass is 462 g/mol. The van der Waals surface area contributed by atoms with Crippen LogP contribution in [0.2, 0.25) is 0 Å². The highest BCUT2D eigenvalue weighted by atomic mass is 16.6. The van der Waals surface area contributed by atoms with Crippen LogP contribution in [-0.4, -0.2) is 40.2 Å². The highest BCUT2D eigenvalue weighted by molar-refractivity contribution is 5.98. The second-order valence-electron chi connectivity index (χ2n) is 7.53. The normalized spacial score (nSPS) is 12.4. The summed E-state index contributed by atoms with van der Waals surface area (Å²) in [5.74, 6) is -2.43. The van der Waals surface area contributed by atoms with E-state index in [1.165, 1.54) is 0 Å². The number of carboxylic acid groups (broad SMARTS) is 1. The lowest BCUT2D eigenvalue weighted by Crippen LogP contribution is -2.55. The van der Waals surface area contributed by atoms with Gasteiger partial charge in [-0.3, -0.25) is 4.79 Å². The molecular weight excluding hydrogens is 436 g/mol. The van der Waals surface area contributed by atoms with Crippen molar-refractivity contribution in [2.75, 3.05) is 0 Å². The van der Waals surface area contributed by atoms with E-state index in [9.17, 15) is 19.5 Å². The Morgan fingerprint density at radius 3 is 1.74 bits per heavy atom. The molecular formula is C26H26N2O6. The van der Waals surface area contributed by atoms with Crippen LogP contribution >= 0.6 is 0 Å². The SMILES string of the molecule is NC(Cc1ccccc1)C(=O)N(C(=O)OCc1ccccc1)C(OCc1ccccc1)C(=O)O. The van der Waals surface area contributed by atoms with Crippen molar-refractivity contribution in [1.82, 2.24) is 4.90 Å². The third-order valence-corrected chi connectivity index (χ3v) is 4.95. The summed E-state index contributed by atoms with van der Waals surface area (Å²) in [6.45, 7) is -0.288. The van der Waals surface area contributed by atoms with E-state index in [1.807, 2.05) is 12.1 Å². The molecule has 0 spiro atoms. The van der Waals surface area contributed by atoms with E-state index in [-0.39, 0.29) is 19.6 Å². The highest BCUT2D eigenvalue weighted by Crippen LogP contribution is 2.14. The number of amides is 2. The Hall–Kier alpha value is -4.01. The van der Waals surface area contributed by atoms with Crippen LogP contribution in [0, 0.1) is 0 Å². The zero-order valence-corrected chi connectivity index (χ0v) is 18.4. The quantitative estimate of drug-likeness (QED) is 0.444. The van der Waals surface area contributed by atoms with E-state index in [0.29, 0.717) is 16.0 Å². The molecule has 0 saturated heterocycles. The number of benzene rings is 3. The largest absolute Gasteiger partial charge is 0.478 e. The average Bonchev–Trinajstić information content (AvgIpc) is 2.86. The van der Waals surface area contributed by atoms with Gasteiger partial charge in [-0.15, -0.1) is 0 Å². The Morgan fingerprint density at radius 2 is 1.24 bits per heavy atom. The maximum Gasteiger partial charge on any atom is 0.419 e. The fraction of sp³-hybridized carbons (Fsp3) is 0.192. The molecule has 0 saturated carbocycles. The molecule has 3 aromatic carbocycles. The fourth-order valence-electron chi connectivity index (χ4n) is 3.23. The standard InChI is InChI=1S/C26H26N2O6/c27-22(16-19-10-4-1-5-11-19)23(29)28(26(32)34-18-21-14-8-3-9-15-21)24(25(30)31)33-17-20-12-6-2-7-13-20/h1-15,22,24H,16-18,27H2,(H,30,31). The molecule has 0 fully saturated rings. The number of nitrogens with two attached hydrogens (primary N) is 1. The molecule has 3 aromatic rings.